The van der Waals surface area contributed by atoms with Gasteiger partial charge in [-0.05, 0) is 70.4 Å². The molecule has 7 rings (SSSR count). The first-order chi connectivity index (χ1) is 27.2. The molecule has 4 amide bonds. The summed E-state index contributed by atoms with van der Waals surface area (Å²) in [6.07, 6.45) is 2.85. The van der Waals surface area contributed by atoms with E-state index in [4.69, 9.17) is 19.2 Å². The van der Waals surface area contributed by atoms with E-state index in [0.29, 0.717) is 60.2 Å². The number of pyridine rings is 1. The van der Waals surface area contributed by atoms with Crippen LogP contribution in [-0.2, 0) is 29.1 Å². The number of alkyl carbamates (subject to hydrolysis) is 1. The SMILES string of the molecule is COc1ccc2c(O[C@@H]3C[C@@H](C(=O)NC4(C(=O)NS(=O)(=O)C5CC5)CC45CCCC5)N(C(=O)[C@@H](NC(=O)OC(C)(C)C)C(C)(C)C)C3)cc(-c3ccccc3)nc2c1. The molecule has 3 aromatic rings. The van der Waals surface area contributed by atoms with Crippen molar-refractivity contribution in [3.05, 3.63) is 54.6 Å². The second-order valence-electron chi connectivity index (χ2n) is 18.4. The summed E-state index contributed by atoms with van der Waals surface area (Å²) in [5.41, 5.74) is -1.54. The lowest BCUT2D eigenvalue weighted by atomic mass is 9.85. The maximum absolute atomic E-state index is 14.8. The number of hydrogen-bond acceptors (Lipinski definition) is 10. The number of nitrogens with one attached hydrogen (secondary N) is 3. The van der Waals surface area contributed by atoms with E-state index >= 15 is 0 Å². The number of likely N-dealkylation sites (tertiary alicyclic amines) is 1. The summed E-state index contributed by atoms with van der Waals surface area (Å²) in [4.78, 5) is 63.0. The average molecular weight is 818 g/mol. The molecule has 1 aliphatic heterocycles. The zero-order valence-corrected chi connectivity index (χ0v) is 35.2. The fraction of sp³-hybridized carbons (Fsp3) is 0.558. The number of ether oxygens (including phenoxy) is 3. The third-order valence-corrected chi connectivity index (χ3v) is 13.7. The van der Waals surface area contributed by atoms with Crippen LogP contribution >= 0.6 is 0 Å². The number of aromatic nitrogens is 1. The molecule has 1 unspecified atom stereocenters. The Morgan fingerprint density at radius 2 is 1.64 bits per heavy atom. The predicted octanol–water partition coefficient (Wildman–Crippen LogP) is 5.63. The highest BCUT2D eigenvalue weighted by Crippen LogP contribution is 2.66. The van der Waals surface area contributed by atoms with Gasteiger partial charge in [0.25, 0.3) is 5.91 Å². The van der Waals surface area contributed by atoms with E-state index in [0.717, 1.165) is 18.4 Å². The minimum atomic E-state index is -3.90. The molecular formula is C43H55N5O9S. The van der Waals surface area contributed by atoms with E-state index in [2.05, 4.69) is 15.4 Å². The van der Waals surface area contributed by atoms with Crippen LogP contribution < -0.4 is 24.8 Å². The highest BCUT2D eigenvalue weighted by atomic mass is 32.2. The molecule has 4 atom stereocenters. The smallest absolute Gasteiger partial charge is 0.408 e. The minimum absolute atomic E-state index is 0.0272. The Hall–Kier alpha value is -4.92. The van der Waals surface area contributed by atoms with E-state index in [1.54, 1.807) is 33.9 Å². The van der Waals surface area contributed by atoms with Gasteiger partial charge in [0.15, 0.2) is 0 Å². The van der Waals surface area contributed by atoms with Crippen LogP contribution in [0.3, 0.4) is 0 Å². The Balaban J connectivity index is 1.23. The third kappa shape index (κ3) is 8.32. The first-order valence-corrected chi connectivity index (χ1v) is 21.7. The van der Waals surface area contributed by atoms with Crippen molar-refractivity contribution >= 4 is 44.7 Å². The normalized spacial score (nSPS) is 23.3. The van der Waals surface area contributed by atoms with Crippen molar-refractivity contribution in [1.29, 1.82) is 0 Å². The van der Waals surface area contributed by atoms with E-state index in [9.17, 15) is 27.6 Å². The molecule has 2 aromatic carbocycles. The Labute approximate surface area is 340 Å². The van der Waals surface area contributed by atoms with Crippen molar-refractivity contribution in [3.63, 3.8) is 0 Å². The predicted molar refractivity (Wildman–Crippen MR) is 217 cm³/mol. The Morgan fingerprint density at radius 1 is 0.948 bits per heavy atom. The number of carbonyl (C=O) groups excluding carboxylic acids is 4. The Kier molecular flexibility index (Phi) is 10.7. The first-order valence-electron chi connectivity index (χ1n) is 20.1. The van der Waals surface area contributed by atoms with Gasteiger partial charge in [0, 0.05) is 34.9 Å². The highest BCUT2D eigenvalue weighted by molar-refractivity contribution is 7.91. The zero-order chi connectivity index (χ0) is 41.8. The Bertz CT molecular complexity index is 2210. The van der Waals surface area contributed by atoms with Crippen LogP contribution in [0.5, 0.6) is 11.5 Å². The largest absolute Gasteiger partial charge is 0.497 e. The number of methoxy groups -OCH3 is 1. The first kappa shape index (κ1) is 41.2. The van der Waals surface area contributed by atoms with Crippen LogP contribution in [0, 0.1) is 10.8 Å². The summed E-state index contributed by atoms with van der Waals surface area (Å²) >= 11 is 0. The van der Waals surface area contributed by atoms with Crippen molar-refractivity contribution in [2.24, 2.45) is 10.8 Å². The molecule has 15 heteroatoms. The van der Waals surface area contributed by atoms with Crippen LogP contribution in [0.15, 0.2) is 54.6 Å². The van der Waals surface area contributed by atoms with Gasteiger partial charge in [-0.3, -0.25) is 19.1 Å². The summed E-state index contributed by atoms with van der Waals surface area (Å²) in [6, 6.07) is 14.7. The number of benzene rings is 2. The fourth-order valence-corrected chi connectivity index (χ4v) is 9.95. The lowest BCUT2D eigenvalue weighted by Gasteiger charge is -2.36. The van der Waals surface area contributed by atoms with Gasteiger partial charge in [0.05, 0.1) is 30.1 Å². The maximum Gasteiger partial charge on any atom is 0.408 e. The lowest BCUT2D eigenvalue weighted by molar-refractivity contribution is -0.143. The standard InChI is InChI=1S/C43H55N5O9S/c1-40(2,3)35(45-39(52)57-41(4,5)6)37(50)48-24-28(56-34-23-31(26-13-9-8-10-14-26)44-32-21-27(55-7)15-18-30(32)34)22-33(48)36(49)46-43(25-42(43)19-11-12-20-42)38(51)47-58(53,54)29-16-17-29/h8-10,13-15,18,21,23,28-29,33,35H,11-12,16-17,19-20,22,24-25H2,1-7H3,(H,45,52)(H,46,49)(H,47,51)/t28-,33+,35-,43?/m1/s1. The molecule has 3 aliphatic carbocycles. The van der Waals surface area contributed by atoms with E-state index in [1.165, 1.54) is 4.90 Å². The number of carbonyl (C=O) groups is 4. The summed E-state index contributed by atoms with van der Waals surface area (Å²) in [5.74, 6) is -0.761. The second-order valence-corrected chi connectivity index (χ2v) is 20.4. The van der Waals surface area contributed by atoms with Crippen molar-refractivity contribution < 1.29 is 41.8 Å². The molecule has 4 aliphatic rings. The molecule has 3 saturated carbocycles. The van der Waals surface area contributed by atoms with Crippen LogP contribution in [0.2, 0.25) is 0 Å². The topological polar surface area (TPSA) is 182 Å². The third-order valence-electron chi connectivity index (χ3n) is 11.8. The van der Waals surface area contributed by atoms with Gasteiger partial charge in [-0.1, -0.05) is 63.9 Å². The maximum atomic E-state index is 14.8. The van der Waals surface area contributed by atoms with Gasteiger partial charge in [-0.2, -0.15) is 0 Å². The number of amides is 4. The van der Waals surface area contributed by atoms with Gasteiger partial charge in [-0.25, -0.2) is 18.2 Å². The molecular weight excluding hydrogens is 763 g/mol. The number of rotatable bonds is 11. The van der Waals surface area contributed by atoms with E-state index in [1.807, 2.05) is 69.3 Å². The summed E-state index contributed by atoms with van der Waals surface area (Å²) in [5, 5.41) is 5.85. The van der Waals surface area contributed by atoms with Crippen molar-refractivity contribution in [2.45, 2.75) is 127 Å². The van der Waals surface area contributed by atoms with Gasteiger partial charge < -0.3 is 29.7 Å². The van der Waals surface area contributed by atoms with Gasteiger partial charge in [0.2, 0.25) is 21.8 Å². The molecule has 3 N–H and O–H groups in total. The number of nitrogens with zero attached hydrogens (tertiary/aromatic N) is 2. The monoisotopic (exact) mass is 817 g/mol. The molecule has 0 radical (unpaired) electrons. The summed E-state index contributed by atoms with van der Waals surface area (Å²) < 4.78 is 46.1. The molecule has 1 saturated heterocycles. The van der Waals surface area contributed by atoms with Crippen LogP contribution in [-0.4, -0.2) is 90.3 Å². The summed E-state index contributed by atoms with van der Waals surface area (Å²) in [6.45, 7) is 10.6. The average Bonchev–Trinajstić information content (AvgIpc) is 4.00. The quantitative estimate of drug-likeness (QED) is 0.220. The number of fused-ring (bicyclic) bond motifs is 1. The van der Waals surface area contributed by atoms with Crippen LogP contribution in [0.25, 0.3) is 22.2 Å². The van der Waals surface area contributed by atoms with E-state index < -0.39 is 79.2 Å². The summed E-state index contributed by atoms with van der Waals surface area (Å²) in [7, 11) is -2.32. The lowest BCUT2D eigenvalue weighted by Crippen LogP contribution is -2.61. The molecule has 312 valence electrons. The molecule has 1 spiro atoms. The van der Waals surface area contributed by atoms with E-state index in [-0.39, 0.29) is 13.0 Å². The van der Waals surface area contributed by atoms with Crippen LogP contribution in [0.4, 0.5) is 4.79 Å². The van der Waals surface area contributed by atoms with Crippen molar-refractivity contribution in [2.75, 3.05) is 13.7 Å². The molecule has 58 heavy (non-hydrogen) atoms. The highest BCUT2D eigenvalue weighted by Gasteiger charge is 2.73. The van der Waals surface area contributed by atoms with Gasteiger partial charge >= 0.3 is 6.09 Å². The second kappa shape index (κ2) is 15.0. The molecule has 0 bridgehead atoms. The van der Waals surface area contributed by atoms with Crippen molar-refractivity contribution in [1.82, 2.24) is 25.2 Å². The van der Waals surface area contributed by atoms with Crippen molar-refractivity contribution in [3.8, 4) is 22.8 Å². The minimum Gasteiger partial charge on any atom is -0.497 e. The van der Waals surface area contributed by atoms with Gasteiger partial charge in [-0.15, -0.1) is 0 Å². The Morgan fingerprint density at radius 3 is 2.26 bits per heavy atom. The molecule has 1 aromatic heterocycles. The zero-order valence-electron chi connectivity index (χ0n) is 34.3. The number of hydrogen-bond donors (Lipinski definition) is 3. The molecule has 4 fully saturated rings. The molecule has 14 nitrogen and oxygen atoms in total. The number of sulfonamides is 1. The fourth-order valence-electron chi connectivity index (χ4n) is 8.60. The van der Waals surface area contributed by atoms with Crippen LogP contribution in [0.1, 0.15) is 92.9 Å². The van der Waals surface area contributed by atoms with Gasteiger partial charge in [0.1, 0.15) is 40.8 Å². The molecule has 2 heterocycles.